The van der Waals surface area contributed by atoms with Gasteiger partial charge in [0.05, 0.1) is 12.2 Å². The van der Waals surface area contributed by atoms with Gasteiger partial charge in [-0.2, -0.15) is 0 Å². The first-order valence-electron chi connectivity index (χ1n) is 9.81. The van der Waals surface area contributed by atoms with E-state index in [4.69, 9.17) is 0 Å². The Morgan fingerprint density at radius 3 is 2.54 bits per heavy atom. The first-order valence-corrected chi connectivity index (χ1v) is 9.81. The molecule has 6 nitrogen and oxygen atoms in total. The van der Waals surface area contributed by atoms with Gasteiger partial charge in [-0.1, -0.05) is 30.3 Å². The molecule has 1 heterocycles. The highest BCUT2D eigenvalue weighted by atomic mass is 16.4. The molecule has 1 aliphatic carbocycles. The molecule has 1 fully saturated rings. The van der Waals surface area contributed by atoms with E-state index >= 15 is 0 Å². The third kappa shape index (κ3) is 6.16. The Balaban J connectivity index is 1.47. The average Bonchev–Trinajstić information content (AvgIpc) is 3.55. The van der Waals surface area contributed by atoms with Crippen molar-refractivity contribution in [1.82, 2.24) is 14.8 Å². The van der Waals surface area contributed by atoms with E-state index in [1.807, 2.05) is 6.07 Å². The summed E-state index contributed by atoms with van der Waals surface area (Å²) in [4.78, 5) is 30.5. The van der Waals surface area contributed by atoms with Crippen molar-refractivity contribution in [2.24, 2.45) is 0 Å². The van der Waals surface area contributed by atoms with Crippen LogP contribution in [-0.4, -0.2) is 51.4 Å². The van der Waals surface area contributed by atoms with Crippen molar-refractivity contribution in [3.63, 3.8) is 0 Å². The molecule has 1 aromatic carbocycles. The average molecular weight is 381 g/mol. The fraction of sp³-hybridized carbons (Fsp3) is 0.409. The lowest BCUT2D eigenvalue weighted by atomic mass is 10.2. The lowest BCUT2D eigenvalue weighted by Crippen LogP contribution is -2.31. The maximum absolute atomic E-state index is 11.6. The highest BCUT2D eigenvalue weighted by Gasteiger charge is 2.28. The fourth-order valence-electron chi connectivity index (χ4n) is 3.36. The number of aldehydes is 1. The van der Waals surface area contributed by atoms with Crippen molar-refractivity contribution in [3.8, 4) is 0 Å². The molecule has 0 atom stereocenters. The number of unbranched alkanes of at least 4 members (excludes halogenated alkanes) is 1. The van der Waals surface area contributed by atoms with Crippen molar-refractivity contribution in [1.29, 1.82) is 0 Å². The smallest absolute Gasteiger partial charge is 0.407 e. The lowest BCUT2D eigenvalue weighted by molar-refractivity contribution is 0.112. The standard InChI is InChI=1S/C22H27N3O3/c26-17-19-10-11-23-20(14-19)16-25(22(27)28)13-5-4-12-24(21-8-9-21)15-18-6-2-1-3-7-18/h1-3,6-7,10-11,14,17,21H,4-5,8-9,12-13,15-16H2,(H,27,28). The molecule has 0 unspecified atom stereocenters. The maximum atomic E-state index is 11.6. The molecule has 3 rings (SSSR count). The summed E-state index contributed by atoms with van der Waals surface area (Å²) in [5, 5.41) is 9.48. The summed E-state index contributed by atoms with van der Waals surface area (Å²) in [6.45, 7) is 2.60. The Morgan fingerprint density at radius 1 is 1.11 bits per heavy atom. The first kappa shape index (κ1) is 20.0. The van der Waals surface area contributed by atoms with Crippen LogP contribution in [-0.2, 0) is 13.1 Å². The van der Waals surface area contributed by atoms with E-state index in [2.05, 4.69) is 34.1 Å². The molecule has 1 saturated carbocycles. The van der Waals surface area contributed by atoms with Crippen LogP contribution < -0.4 is 0 Å². The van der Waals surface area contributed by atoms with E-state index in [-0.39, 0.29) is 6.54 Å². The highest BCUT2D eigenvalue weighted by molar-refractivity contribution is 5.74. The number of aromatic nitrogens is 1. The second-order valence-corrected chi connectivity index (χ2v) is 7.30. The van der Waals surface area contributed by atoms with Crippen molar-refractivity contribution in [2.75, 3.05) is 13.1 Å². The quantitative estimate of drug-likeness (QED) is 0.473. The molecule has 148 valence electrons. The largest absolute Gasteiger partial charge is 0.465 e. The predicted octanol–water partition coefficient (Wildman–Crippen LogP) is 3.82. The highest BCUT2D eigenvalue weighted by Crippen LogP contribution is 2.28. The topological polar surface area (TPSA) is 73.7 Å². The third-order valence-electron chi connectivity index (χ3n) is 5.02. The summed E-state index contributed by atoms with van der Waals surface area (Å²) in [5.74, 6) is 0. The van der Waals surface area contributed by atoms with Gasteiger partial charge in [-0.15, -0.1) is 0 Å². The van der Waals surface area contributed by atoms with Gasteiger partial charge in [0.15, 0.2) is 0 Å². The molecule has 0 bridgehead atoms. The van der Waals surface area contributed by atoms with Crippen molar-refractivity contribution in [3.05, 3.63) is 65.5 Å². The van der Waals surface area contributed by atoms with Crippen LogP contribution >= 0.6 is 0 Å². The minimum Gasteiger partial charge on any atom is -0.465 e. The van der Waals surface area contributed by atoms with Gasteiger partial charge < -0.3 is 10.0 Å². The number of hydrogen-bond acceptors (Lipinski definition) is 4. The Morgan fingerprint density at radius 2 is 1.86 bits per heavy atom. The van der Waals surface area contributed by atoms with Crippen LogP contribution in [0.2, 0.25) is 0 Å². The van der Waals surface area contributed by atoms with Crippen LogP contribution in [0.5, 0.6) is 0 Å². The van der Waals surface area contributed by atoms with Gasteiger partial charge in [0, 0.05) is 30.9 Å². The van der Waals surface area contributed by atoms with Gasteiger partial charge in [-0.25, -0.2) is 4.79 Å². The normalized spacial score (nSPS) is 13.5. The Hall–Kier alpha value is -2.73. The van der Waals surface area contributed by atoms with Gasteiger partial charge >= 0.3 is 6.09 Å². The number of nitrogens with zero attached hydrogens (tertiary/aromatic N) is 3. The summed E-state index contributed by atoms with van der Waals surface area (Å²) in [5.41, 5.74) is 2.43. The van der Waals surface area contributed by atoms with Gasteiger partial charge in [0.1, 0.15) is 6.29 Å². The zero-order valence-electron chi connectivity index (χ0n) is 16.0. The Labute approximate surface area is 165 Å². The van der Waals surface area contributed by atoms with E-state index in [1.54, 1.807) is 12.1 Å². The van der Waals surface area contributed by atoms with E-state index in [9.17, 15) is 14.7 Å². The van der Waals surface area contributed by atoms with E-state index in [1.165, 1.54) is 29.5 Å². The zero-order valence-corrected chi connectivity index (χ0v) is 16.0. The molecule has 0 aliphatic heterocycles. The molecular weight excluding hydrogens is 354 g/mol. The van der Waals surface area contributed by atoms with E-state index < -0.39 is 6.09 Å². The summed E-state index contributed by atoms with van der Waals surface area (Å²) in [7, 11) is 0. The second kappa shape index (κ2) is 9.99. The minimum atomic E-state index is -0.957. The molecule has 0 radical (unpaired) electrons. The Bertz CT molecular complexity index is 778. The van der Waals surface area contributed by atoms with Crippen LogP contribution in [0.1, 0.15) is 47.3 Å². The molecule has 1 aromatic heterocycles. The van der Waals surface area contributed by atoms with Crippen molar-refractivity contribution >= 4 is 12.4 Å². The van der Waals surface area contributed by atoms with Crippen LogP contribution in [0, 0.1) is 0 Å². The monoisotopic (exact) mass is 381 g/mol. The van der Waals surface area contributed by atoms with E-state index in [0.29, 0.717) is 23.8 Å². The molecule has 1 amide bonds. The second-order valence-electron chi connectivity index (χ2n) is 7.30. The van der Waals surface area contributed by atoms with Crippen molar-refractivity contribution in [2.45, 2.75) is 44.8 Å². The number of hydrogen-bond donors (Lipinski definition) is 1. The molecule has 0 saturated heterocycles. The van der Waals surface area contributed by atoms with Crippen LogP contribution in [0.25, 0.3) is 0 Å². The van der Waals surface area contributed by atoms with Gasteiger partial charge in [-0.3, -0.25) is 14.7 Å². The third-order valence-corrected chi connectivity index (χ3v) is 5.02. The summed E-state index contributed by atoms with van der Waals surface area (Å²) in [6, 6.07) is 14.4. The molecule has 1 N–H and O–H groups in total. The summed E-state index contributed by atoms with van der Waals surface area (Å²) < 4.78 is 0. The number of rotatable bonds is 11. The molecule has 6 heteroatoms. The molecule has 0 spiro atoms. The maximum Gasteiger partial charge on any atom is 0.407 e. The molecule has 1 aliphatic rings. The zero-order chi connectivity index (χ0) is 19.8. The first-order chi connectivity index (χ1) is 13.7. The van der Waals surface area contributed by atoms with Gasteiger partial charge in [0.25, 0.3) is 0 Å². The molecule has 28 heavy (non-hydrogen) atoms. The Kier molecular flexibility index (Phi) is 7.14. The number of amides is 1. The number of benzene rings is 1. The fourth-order valence-corrected chi connectivity index (χ4v) is 3.36. The number of carbonyl (C=O) groups excluding carboxylic acids is 1. The number of carboxylic acid groups (broad SMARTS) is 1. The predicted molar refractivity (Wildman–Crippen MR) is 107 cm³/mol. The van der Waals surface area contributed by atoms with Crippen LogP contribution in [0.4, 0.5) is 4.79 Å². The van der Waals surface area contributed by atoms with Crippen LogP contribution in [0.15, 0.2) is 48.7 Å². The van der Waals surface area contributed by atoms with Crippen LogP contribution in [0.3, 0.4) is 0 Å². The number of pyridine rings is 1. The molecule has 2 aromatic rings. The SMILES string of the molecule is O=Cc1ccnc(CN(CCCCN(Cc2ccccc2)C2CC2)C(=O)O)c1. The lowest BCUT2D eigenvalue weighted by Gasteiger charge is -2.23. The van der Waals surface area contributed by atoms with E-state index in [0.717, 1.165) is 32.2 Å². The molecular formula is C22H27N3O3. The minimum absolute atomic E-state index is 0.202. The van der Waals surface area contributed by atoms with Gasteiger partial charge in [-0.05, 0) is 49.9 Å². The number of carbonyl (C=O) groups is 2. The van der Waals surface area contributed by atoms with Crippen molar-refractivity contribution < 1.29 is 14.7 Å². The van der Waals surface area contributed by atoms with Gasteiger partial charge in [0.2, 0.25) is 0 Å². The summed E-state index contributed by atoms with van der Waals surface area (Å²) in [6.07, 6.45) is 5.60. The summed E-state index contributed by atoms with van der Waals surface area (Å²) >= 11 is 0.